The summed E-state index contributed by atoms with van der Waals surface area (Å²) in [5.74, 6) is 0. The summed E-state index contributed by atoms with van der Waals surface area (Å²) in [6.07, 6.45) is 0. The minimum Gasteiger partial charge on any atom is -0.310 e. The van der Waals surface area contributed by atoms with Gasteiger partial charge in [-0.25, -0.2) is 8.42 Å². The predicted molar refractivity (Wildman–Crippen MR) is 76.9 cm³/mol. The fourth-order valence-corrected chi connectivity index (χ4v) is 3.04. The molecule has 0 bridgehead atoms. The van der Waals surface area contributed by atoms with Crippen LogP contribution in [0.4, 0.5) is 5.13 Å². The number of aromatic nitrogens is 3. The molecule has 0 aliphatic rings. The van der Waals surface area contributed by atoms with Crippen LogP contribution in [0.25, 0.3) is 0 Å². The summed E-state index contributed by atoms with van der Waals surface area (Å²) >= 11 is 0.886. The summed E-state index contributed by atoms with van der Waals surface area (Å²) < 4.78 is 29.9. The molecule has 7 nitrogen and oxygen atoms in total. The van der Waals surface area contributed by atoms with E-state index in [2.05, 4.69) is 38.7 Å². The molecule has 0 radical (unpaired) electrons. The summed E-state index contributed by atoms with van der Waals surface area (Å²) in [4.78, 5) is 0.181. The van der Waals surface area contributed by atoms with Crippen LogP contribution in [0, 0.1) is 0 Å². The van der Waals surface area contributed by atoms with Gasteiger partial charge in [0.05, 0.1) is 4.90 Å². The number of nitrogens with one attached hydrogen (secondary N) is 2. The van der Waals surface area contributed by atoms with Gasteiger partial charge < -0.3 is 5.32 Å². The predicted octanol–water partition coefficient (Wildman–Crippen LogP) is 1.23. The molecule has 0 saturated heterocycles. The van der Waals surface area contributed by atoms with Gasteiger partial charge in [-0.2, -0.15) is 0 Å². The highest BCUT2D eigenvalue weighted by Crippen LogP contribution is 2.16. The minimum absolute atomic E-state index is 0.149. The standard InChI is InChI=1S/C11H15N5O2S2/c1-8(2)12-7-9-3-5-10(6-4-9)20(17,18)14-11-13-15-16-19-11/h3-6,8,12H,7H2,1-2H3,(H,13,14,16). The molecule has 2 aromatic rings. The summed E-state index contributed by atoms with van der Waals surface area (Å²) in [5, 5.41) is 10.3. The first-order valence-electron chi connectivity index (χ1n) is 5.97. The average Bonchev–Trinajstić information content (AvgIpc) is 2.89. The molecule has 1 aromatic carbocycles. The first kappa shape index (κ1) is 14.8. The van der Waals surface area contributed by atoms with E-state index >= 15 is 0 Å². The van der Waals surface area contributed by atoms with E-state index < -0.39 is 10.0 Å². The highest BCUT2D eigenvalue weighted by Gasteiger charge is 2.15. The van der Waals surface area contributed by atoms with E-state index in [1.807, 2.05) is 0 Å². The zero-order chi connectivity index (χ0) is 14.6. The maximum atomic E-state index is 12.1. The zero-order valence-electron chi connectivity index (χ0n) is 11.1. The highest BCUT2D eigenvalue weighted by molar-refractivity contribution is 7.93. The summed E-state index contributed by atoms with van der Waals surface area (Å²) in [6, 6.07) is 7.07. The number of benzene rings is 1. The Labute approximate surface area is 121 Å². The average molecular weight is 313 g/mol. The molecule has 0 aliphatic heterocycles. The topological polar surface area (TPSA) is 96.9 Å². The lowest BCUT2D eigenvalue weighted by molar-refractivity contribution is 0.588. The van der Waals surface area contributed by atoms with Crippen LogP contribution in [-0.4, -0.2) is 29.3 Å². The molecule has 0 unspecified atom stereocenters. The zero-order valence-corrected chi connectivity index (χ0v) is 12.7. The molecule has 9 heteroatoms. The van der Waals surface area contributed by atoms with Gasteiger partial charge in [-0.3, -0.25) is 4.72 Å². The molecule has 20 heavy (non-hydrogen) atoms. The monoisotopic (exact) mass is 313 g/mol. The molecule has 0 saturated carbocycles. The Morgan fingerprint density at radius 2 is 1.95 bits per heavy atom. The second kappa shape index (κ2) is 6.25. The van der Waals surface area contributed by atoms with Gasteiger partial charge in [-0.15, -0.1) is 0 Å². The Kier molecular flexibility index (Phi) is 4.63. The SMILES string of the molecule is CC(C)NCc1ccc(S(=O)(=O)Nc2nnns2)cc1. The third kappa shape index (κ3) is 3.95. The maximum Gasteiger partial charge on any atom is 0.263 e. The van der Waals surface area contributed by atoms with Crippen molar-refractivity contribution in [3.8, 4) is 0 Å². The third-order valence-electron chi connectivity index (χ3n) is 2.47. The van der Waals surface area contributed by atoms with Crippen LogP contribution in [0.3, 0.4) is 0 Å². The molecule has 0 spiro atoms. The first-order chi connectivity index (χ1) is 9.47. The molecule has 0 atom stereocenters. The molecule has 2 N–H and O–H groups in total. The second-order valence-corrected chi connectivity index (χ2v) is 6.87. The van der Waals surface area contributed by atoms with E-state index in [1.165, 1.54) is 0 Å². The lowest BCUT2D eigenvalue weighted by Gasteiger charge is -2.09. The van der Waals surface area contributed by atoms with Gasteiger partial charge >= 0.3 is 0 Å². The van der Waals surface area contributed by atoms with Crippen molar-refractivity contribution in [2.24, 2.45) is 0 Å². The molecule has 0 fully saturated rings. The lowest BCUT2D eigenvalue weighted by atomic mass is 10.2. The van der Waals surface area contributed by atoms with Gasteiger partial charge in [0.15, 0.2) is 0 Å². The van der Waals surface area contributed by atoms with Crippen molar-refractivity contribution in [3.63, 3.8) is 0 Å². The van der Waals surface area contributed by atoms with Gasteiger partial charge in [0.1, 0.15) is 0 Å². The Morgan fingerprint density at radius 3 is 2.50 bits per heavy atom. The second-order valence-electron chi connectivity index (χ2n) is 4.45. The molecule has 0 aliphatic carbocycles. The summed E-state index contributed by atoms with van der Waals surface area (Å²) in [6.45, 7) is 4.81. The third-order valence-corrected chi connectivity index (χ3v) is 4.46. The van der Waals surface area contributed by atoms with Crippen molar-refractivity contribution in [1.29, 1.82) is 0 Å². The largest absolute Gasteiger partial charge is 0.310 e. The first-order valence-corrected chi connectivity index (χ1v) is 8.23. The van der Waals surface area contributed by atoms with E-state index in [4.69, 9.17) is 0 Å². The van der Waals surface area contributed by atoms with Gasteiger partial charge in [0.2, 0.25) is 5.13 Å². The molecule has 108 valence electrons. The quantitative estimate of drug-likeness (QED) is 0.832. The van der Waals surface area contributed by atoms with Gasteiger partial charge in [-0.05, 0) is 22.9 Å². The van der Waals surface area contributed by atoms with Crippen molar-refractivity contribution in [3.05, 3.63) is 29.8 Å². The van der Waals surface area contributed by atoms with Crippen molar-refractivity contribution in [2.45, 2.75) is 31.3 Å². The van der Waals surface area contributed by atoms with Gasteiger partial charge in [0, 0.05) is 24.1 Å². The molecular formula is C11H15N5O2S2. The maximum absolute atomic E-state index is 12.1. The molecule has 1 aromatic heterocycles. The van der Waals surface area contributed by atoms with Gasteiger partial charge in [0.25, 0.3) is 10.0 Å². The Bertz CT molecular complexity index is 638. The lowest BCUT2D eigenvalue weighted by Crippen LogP contribution is -2.21. The number of anilines is 1. The number of nitrogens with zero attached hydrogens (tertiary/aromatic N) is 3. The van der Waals surface area contributed by atoms with Gasteiger partial charge in [-0.1, -0.05) is 35.6 Å². The molecule has 0 amide bonds. The van der Waals surface area contributed by atoms with Crippen LogP contribution in [0.5, 0.6) is 0 Å². The molecule has 1 heterocycles. The van der Waals surface area contributed by atoms with Crippen LogP contribution in [0.15, 0.2) is 29.2 Å². The minimum atomic E-state index is -3.63. The fourth-order valence-electron chi connectivity index (χ4n) is 1.46. The number of hydrogen-bond donors (Lipinski definition) is 2. The highest BCUT2D eigenvalue weighted by atomic mass is 32.2. The van der Waals surface area contributed by atoms with Crippen LogP contribution >= 0.6 is 11.5 Å². The van der Waals surface area contributed by atoms with Crippen LogP contribution in [-0.2, 0) is 16.6 Å². The molecular weight excluding hydrogens is 298 g/mol. The van der Waals surface area contributed by atoms with Crippen LogP contribution in [0.1, 0.15) is 19.4 Å². The van der Waals surface area contributed by atoms with E-state index in [-0.39, 0.29) is 10.0 Å². The smallest absolute Gasteiger partial charge is 0.263 e. The van der Waals surface area contributed by atoms with E-state index in [0.29, 0.717) is 12.6 Å². The molecule has 2 rings (SSSR count). The Morgan fingerprint density at radius 1 is 1.25 bits per heavy atom. The summed E-state index contributed by atoms with van der Waals surface area (Å²) in [5.41, 5.74) is 1.02. The van der Waals surface area contributed by atoms with Crippen LogP contribution in [0.2, 0.25) is 0 Å². The number of sulfonamides is 1. The fraction of sp³-hybridized carbons (Fsp3) is 0.364. The number of rotatable bonds is 6. The van der Waals surface area contributed by atoms with Crippen molar-refractivity contribution < 1.29 is 8.42 Å². The van der Waals surface area contributed by atoms with Crippen molar-refractivity contribution >= 4 is 26.7 Å². The van der Waals surface area contributed by atoms with Crippen molar-refractivity contribution in [1.82, 2.24) is 20.1 Å². The van der Waals surface area contributed by atoms with E-state index in [9.17, 15) is 8.42 Å². The van der Waals surface area contributed by atoms with Crippen molar-refractivity contribution in [2.75, 3.05) is 4.72 Å². The Hall–Kier alpha value is -1.58. The normalized spacial score (nSPS) is 11.8. The van der Waals surface area contributed by atoms with Crippen LogP contribution < -0.4 is 10.0 Å². The summed E-state index contributed by atoms with van der Waals surface area (Å²) in [7, 11) is -3.63. The Balaban J connectivity index is 2.08. The van der Waals surface area contributed by atoms with E-state index in [0.717, 1.165) is 17.1 Å². The number of hydrogen-bond acceptors (Lipinski definition) is 7. The van der Waals surface area contributed by atoms with E-state index in [1.54, 1.807) is 24.3 Å².